The highest BCUT2D eigenvalue weighted by molar-refractivity contribution is 14.1. The Morgan fingerprint density at radius 2 is 1.95 bits per heavy atom. The van der Waals surface area contributed by atoms with E-state index in [1.54, 1.807) is 24.3 Å². The second-order valence-electron chi connectivity index (χ2n) is 3.37. The van der Waals surface area contributed by atoms with Crippen molar-refractivity contribution in [3.63, 3.8) is 0 Å². The number of tetrazole rings is 1. The lowest BCUT2D eigenvalue weighted by molar-refractivity contribution is -0.136. The van der Waals surface area contributed by atoms with Crippen molar-refractivity contribution in [3.05, 3.63) is 29.8 Å². The molecule has 0 aliphatic carbocycles. The molecule has 0 aliphatic rings. The Bertz CT molecular complexity index is 525. The van der Waals surface area contributed by atoms with Crippen molar-refractivity contribution < 1.29 is 9.90 Å². The van der Waals surface area contributed by atoms with E-state index >= 15 is 0 Å². The van der Waals surface area contributed by atoms with Gasteiger partial charge in [-0.2, -0.15) is 4.80 Å². The summed E-state index contributed by atoms with van der Waals surface area (Å²) in [5, 5.41) is 20.6. The number of benzene rings is 1. The minimum Gasteiger partial charge on any atom is -0.481 e. The van der Waals surface area contributed by atoms with E-state index in [-0.39, 0.29) is 6.42 Å². The summed E-state index contributed by atoms with van der Waals surface area (Å²) in [6.07, 6.45) is 0.0220. The third-order valence-electron chi connectivity index (χ3n) is 2.13. The van der Waals surface area contributed by atoms with Crippen LogP contribution in [0.3, 0.4) is 0 Å². The fourth-order valence-corrected chi connectivity index (χ4v) is 1.64. The molecule has 0 saturated heterocycles. The molecule has 0 bridgehead atoms. The van der Waals surface area contributed by atoms with Crippen LogP contribution in [0.15, 0.2) is 24.3 Å². The van der Waals surface area contributed by atoms with Crippen molar-refractivity contribution in [2.24, 2.45) is 0 Å². The molecule has 1 N–H and O–H groups in total. The first-order valence-corrected chi connectivity index (χ1v) is 7.36. The van der Waals surface area contributed by atoms with Crippen LogP contribution >= 0.6 is 22.6 Å². The van der Waals surface area contributed by atoms with E-state index in [0.29, 0.717) is 10.4 Å². The van der Waals surface area contributed by atoms with Gasteiger partial charge in [0.05, 0.1) is 6.42 Å². The van der Waals surface area contributed by atoms with Gasteiger partial charge in [-0.1, -0.05) is 60.7 Å². The lowest BCUT2D eigenvalue weighted by Crippen LogP contribution is -1.99. The molecule has 1 aromatic carbocycles. The molecule has 7 heteroatoms. The fourth-order valence-electron chi connectivity index (χ4n) is 1.36. The topological polar surface area (TPSA) is 80.9 Å². The normalized spacial score (nSPS) is 9.63. The number of aliphatic carboxylic acids is 1. The number of alkyl halides is 1. The smallest absolute Gasteiger partial charge is 0.307 e. The minimum atomic E-state index is -0.841. The number of nitrogens with zero attached hydrogens (tertiary/aromatic N) is 4. The van der Waals surface area contributed by atoms with Crippen molar-refractivity contribution in [2.45, 2.75) is 24.8 Å². The molecule has 0 radical (unpaired) electrons. The molecule has 1 aromatic heterocycles. The third-order valence-corrected chi connectivity index (χ3v) is 2.74. The average Bonchev–Trinajstić information content (AvgIpc) is 2.90. The predicted octanol–water partition coefficient (Wildman–Crippen LogP) is 2.39. The van der Waals surface area contributed by atoms with Gasteiger partial charge in [0.15, 0.2) is 0 Å². The highest BCUT2D eigenvalue weighted by Gasteiger charge is 2.06. The Hall–Kier alpha value is -1.51. The zero-order chi connectivity index (χ0) is 14.3. The molecule has 19 heavy (non-hydrogen) atoms. The zero-order valence-corrected chi connectivity index (χ0v) is 12.9. The van der Waals surface area contributed by atoms with E-state index in [1.807, 2.05) is 13.8 Å². The monoisotopic (exact) mass is 374 g/mol. The number of carboxylic acid groups (broad SMARTS) is 1. The molecule has 2 aromatic rings. The Kier molecular flexibility index (Phi) is 6.40. The molecule has 0 saturated carbocycles. The van der Waals surface area contributed by atoms with E-state index in [0.717, 1.165) is 11.1 Å². The maximum absolute atomic E-state index is 10.5. The van der Waals surface area contributed by atoms with Crippen LogP contribution in [0.4, 0.5) is 0 Å². The summed E-state index contributed by atoms with van der Waals surface area (Å²) in [5.41, 5.74) is 1.58. The maximum Gasteiger partial charge on any atom is 0.307 e. The maximum atomic E-state index is 10.5. The Balaban J connectivity index is 0.000000861. The Morgan fingerprint density at radius 1 is 1.32 bits per heavy atom. The second kappa shape index (κ2) is 7.82. The van der Waals surface area contributed by atoms with Crippen LogP contribution in [0.5, 0.6) is 0 Å². The number of halogens is 1. The van der Waals surface area contributed by atoms with Crippen molar-refractivity contribution in [2.75, 3.05) is 0 Å². The zero-order valence-electron chi connectivity index (χ0n) is 10.7. The average molecular weight is 374 g/mol. The first-order chi connectivity index (χ1) is 9.19. The minimum absolute atomic E-state index is 0.0220. The van der Waals surface area contributed by atoms with Crippen molar-refractivity contribution in [1.29, 1.82) is 0 Å². The number of hydrogen-bond acceptors (Lipinski definition) is 4. The van der Waals surface area contributed by atoms with Crippen molar-refractivity contribution >= 4 is 28.6 Å². The number of aromatic nitrogens is 4. The first-order valence-electron chi connectivity index (χ1n) is 5.84. The fraction of sp³-hybridized carbons (Fsp3) is 0.333. The summed E-state index contributed by atoms with van der Waals surface area (Å²) in [6, 6.07) is 7.11. The van der Waals surface area contributed by atoms with E-state index in [9.17, 15) is 4.79 Å². The molecule has 0 amide bonds. The predicted molar refractivity (Wildman–Crippen MR) is 80.0 cm³/mol. The number of hydrogen-bond donors (Lipinski definition) is 1. The van der Waals surface area contributed by atoms with Gasteiger partial charge in [-0.3, -0.25) is 4.79 Å². The van der Waals surface area contributed by atoms with Gasteiger partial charge in [0.25, 0.3) is 0 Å². The SMILES string of the molecule is CC.O=C(O)Cc1ccc(-c2nnn(CI)n2)cc1. The van der Waals surface area contributed by atoms with E-state index in [4.69, 9.17) is 5.11 Å². The van der Waals surface area contributed by atoms with Gasteiger partial charge in [-0.05, 0) is 10.8 Å². The summed E-state index contributed by atoms with van der Waals surface area (Å²) >= 11 is 2.14. The number of carboxylic acids is 1. The van der Waals surface area contributed by atoms with Crippen LogP contribution in [0.1, 0.15) is 19.4 Å². The largest absolute Gasteiger partial charge is 0.481 e. The van der Waals surface area contributed by atoms with Gasteiger partial charge in [-0.15, -0.1) is 10.2 Å². The van der Waals surface area contributed by atoms with Gasteiger partial charge in [0.1, 0.15) is 4.55 Å². The van der Waals surface area contributed by atoms with Gasteiger partial charge >= 0.3 is 5.97 Å². The van der Waals surface area contributed by atoms with Crippen LogP contribution in [-0.4, -0.2) is 31.3 Å². The Labute approximate surface area is 125 Å². The van der Waals surface area contributed by atoms with E-state index in [1.165, 1.54) is 4.80 Å². The lowest BCUT2D eigenvalue weighted by Gasteiger charge is -1.98. The molecule has 0 unspecified atom stereocenters. The van der Waals surface area contributed by atoms with Crippen LogP contribution in [0, 0.1) is 0 Å². The van der Waals surface area contributed by atoms with Gasteiger partial charge in [0.2, 0.25) is 5.82 Å². The summed E-state index contributed by atoms with van der Waals surface area (Å²) < 4.78 is 0.641. The van der Waals surface area contributed by atoms with Gasteiger partial charge in [-0.25, -0.2) is 0 Å². The van der Waals surface area contributed by atoms with Crippen LogP contribution in [0.2, 0.25) is 0 Å². The van der Waals surface area contributed by atoms with Crippen LogP contribution in [0.25, 0.3) is 11.4 Å². The Morgan fingerprint density at radius 3 is 2.42 bits per heavy atom. The molecule has 0 fully saturated rings. The second-order valence-corrected chi connectivity index (χ2v) is 4.05. The lowest BCUT2D eigenvalue weighted by atomic mass is 10.1. The molecular weight excluding hydrogens is 359 g/mol. The van der Waals surface area contributed by atoms with E-state index < -0.39 is 5.97 Å². The molecule has 0 atom stereocenters. The van der Waals surface area contributed by atoms with Gasteiger partial charge in [0, 0.05) is 5.56 Å². The van der Waals surface area contributed by atoms with Crippen molar-refractivity contribution in [3.8, 4) is 11.4 Å². The van der Waals surface area contributed by atoms with Gasteiger partial charge < -0.3 is 5.11 Å². The molecule has 0 spiro atoms. The summed E-state index contributed by atoms with van der Waals surface area (Å²) in [6.45, 7) is 4.00. The molecular formula is C12H15IN4O2. The molecule has 102 valence electrons. The molecule has 0 aliphatic heterocycles. The third kappa shape index (κ3) is 4.58. The molecule has 6 nitrogen and oxygen atoms in total. The quantitative estimate of drug-likeness (QED) is 0.657. The summed E-state index contributed by atoms with van der Waals surface area (Å²) in [5.74, 6) is -0.296. The standard InChI is InChI=1S/C10H9IN4O2.C2H6/c11-6-15-13-10(12-14-15)8-3-1-7(2-4-8)5-9(16)17;1-2/h1-4H,5-6H2,(H,16,17);1-2H3. The number of rotatable bonds is 4. The van der Waals surface area contributed by atoms with Crippen LogP contribution < -0.4 is 0 Å². The summed E-state index contributed by atoms with van der Waals surface area (Å²) in [7, 11) is 0. The summed E-state index contributed by atoms with van der Waals surface area (Å²) in [4.78, 5) is 12.0. The molecule has 2 rings (SSSR count). The first kappa shape index (κ1) is 15.5. The highest BCUT2D eigenvalue weighted by atomic mass is 127. The van der Waals surface area contributed by atoms with Crippen LogP contribution in [-0.2, 0) is 15.8 Å². The molecule has 1 heterocycles. The van der Waals surface area contributed by atoms with Crippen molar-refractivity contribution in [1.82, 2.24) is 20.2 Å². The highest BCUT2D eigenvalue weighted by Crippen LogP contribution is 2.14. The van der Waals surface area contributed by atoms with E-state index in [2.05, 4.69) is 38.0 Å². The number of carbonyl (C=O) groups is 1.